The number of aryl methyl sites for hydroxylation is 1. The molecule has 3 aromatic rings. The van der Waals surface area contributed by atoms with Crippen LogP contribution in [-0.4, -0.2) is 37.7 Å². The molecule has 1 aliphatic rings. The van der Waals surface area contributed by atoms with Crippen molar-refractivity contribution in [3.8, 4) is 11.5 Å². The molecule has 0 radical (unpaired) electrons. The van der Waals surface area contributed by atoms with E-state index in [4.69, 9.17) is 17.0 Å². The first-order valence-corrected chi connectivity index (χ1v) is 11.6. The van der Waals surface area contributed by atoms with Crippen molar-refractivity contribution < 1.29 is 9.53 Å². The Balaban J connectivity index is 1.43. The van der Waals surface area contributed by atoms with Gasteiger partial charge in [0.1, 0.15) is 17.3 Å². The van der Waals surface area contributed by atoms with Crippen LogP contribution in [0.3, 0.4) is 0 Å². The van der Waals surface area contributed by atoms with Gasteiger partial charge in [-0.25, -0.2) is 4.98 Å². The van der Waals surface area contributed by atoms with Crippen LogP contribution in [0.2, 0.25) is 0 Å². The molecule has 1 aliphatic heterocycles. The van der Waals surface area contributed by atoms with Crippen LogP contribution in [0.1, 0.15) is 45.0 Å². The molecular formula is C24H29N7O2S. The first-order valence-electron chi connectivity index (χ1n) is 11.2. The van der Waals surface area contributed by atoms with E-state index in [0.29, 0.717) is 39.6 Å². The highest BCUT2D eigenvalue weighted by atomic mass is 32.1. The number of ether oxygens (including phenoxy) is 1. The molecular weight excluding hydrogens is 450 g/mol. The summed E-state index contributed by atoms with van der Waals surface area (Å²) in [6.45, 7) is 6.93. The smallest absolute Gasteiger partial charge is 0.177 e. The van der Waals surface area contributed by atoms with Gasteiger partial charge in [-0.05, 0) is 38.0 Å². The van der Waals surface area contributed by atoms with E-state index in [9.17, 15) is 4.79 Å². The molecule has 0 amide bonds. The number of nitrogens with zero attached hydrogens (tertiary/aromatic N) is 4. The van der Waals surface area contributed by atoms with Gasteiger partial charge < -0.3 is 20.7 Å². The lowest BCUT2D eigenvalue weighted by atomic mass is 9.82. The molecule has 3 N–H and O–H groups in total. The fourth-order valence-electron chi connectivity index (χ4n) is 4.05. The molecule has 0 saturated heterocycles. The molecule has 0 atom stereocenters. The standard InChI is InChI=1S/C24H29N7O2S/c1-15(32)10-16-11-17(6-8-26-16)33-18-12-19(25-4)22(27-14-18)29-23(34)28-21-13-20-24(2,3)7-5-9-31(20)30-21/h6,8,11-14,25H,5,7,9-10H2,1-4H3,(H2,27,28,29,30,34). The number of carbonyl (C=O) groups excluding carboxylic acids is 1. The Morgan fingerprint density at radius 3 is 2.76 bits per heavy atom. The first kappa shape index (κ1) is 23.6. The van der Waals surface area contributed by atoms with Crippen molar-refractivity contribution in [2.75, 3.05) is 23.0 Å². The number of rotatable bonds is 7. The summed E-state index contributed by atoms with van der Waals surface area (Å²) in [4.78, 5) is 20.0. The Morgan fingerprint density at radius 2 is 2.03 bits per heavy atom. The molecule has 0 aromatic carbocycles. The lowest BCUT2D eigenvalue weighted by molar-refractivity contribution is -0.116. The molecule has 3 aromatic heterocycles. The van der Waals surface area contributed by atoms with Gasteiger partial charge in [0.05, 0.1) is 17.6 Å². The zero-order valence-electron chi connectivity index (χ0n) is 19.8. The Morgan fingerprint density at radius 1 is 1.21 bits per heavy atom. The number of thiocarbonyl (C=S) groups is 1. The molecule has 0 saturated carbocycles. The summed E-state index contributed by atoms with van der Waals surface area (Å²) in [5, 5.41) is 14.5. The molecule has 0 bridgehead atoms. The molecule has 0 fully saturated rings. The van der Waals surface area contributed by atoms with Crippen molar-refractivity contribution in [2.45, 2.75) is 52.0 Å². The number of Topliss-reactive ketones (excluding diaryl/α,β-unsaturated/α-hetero) is 1. The quantitative estimate of drug-likeness (QED) is 0.422. The predicted molar refractivity (Wildman–Crippen MR) is 137 cm³/mol. The molecule has 0 aliphatic carbocycles. The summed E-state index contributed by atoms with van der Waals surface area (Å²) >= 11 is 5.50. The Hall–Kier alpha value is -3.53. The number of ketones is 1. The number of carbonyl (C=O) groups is 1. The minimum absolute atomic E-state index is 0.0446. The predicted octanol–water partition coefficient (Wildman–Crippen LogP) is 4.52. The van der Waals surface area contributed by atoms with E-state index >= 15 is 0 Å². The van der Waals surface area contributed by atoms with E-state index in [1.54, 1.807) is 31.6 Å². The molecule has 0 unspecified atom stereocenters. The zero-order valence-corrected chi connectivity index (χ0v) is 20.6. The van der Waals surface area contributed by atoms with Gasteiger partial charge in [-0.15, -0.1) is 0 Å². The minimum Gasteiger partial charge on any atom is -0.456 e. The van der Waals surface area contributed by atoms with Crippen molar-refractivity contribution in [1.29, 1.82) is 0 Å². The van der Waals surface area contributed by atoms with Crippen LogP contribution in [0.5, 0.6) is 11.5 Å². The van der Waals surface area contributed by atoms with Gasteiger partial charge in [-0.3, -0.25) is 14.5 Å². The molecule has 9 nitrogen and oxygen atoms in total. The van der Waals surface area contributed by atoms with Crippen molar-refractivity contribution >= 4 is 40.4 Å². The fourth-order valence-corrected chi connectivity index (χ4v) is 4.25. The minimum atomic E-state index is 0.0446. The summed E-state index contributed by atoms with van der Waals surface area (Å²) in [6, 6.07) is 7.36. The number of hydrogen-bond acceptors (Lipinski definition) is 7. The second-order valence-electron chi connectivity index (χ2n) is 8.99. The summed E-state index contributed by atoms with van der Waals surface area (Å²) in [5.41, 5.74) is 2.68. The maximum atomic E-state index is 11.4. The molecule has 0 spiro atoms. The van der Waals surface area contributed by atoms with Crippen LogP contribution in [0.25, 0.3) is 0 Å². The van der Waals surface area contributed by atoms with Crippen LogP contribution in [0.15, 0.2) is 36.7 Å². The Labute approximate surface area is 204 Å². The normalized spacial score (nSPS) is 14.1. The second kappa shape index (κ2) is 9.76. The first-order chi connectivity index (χ1) is 16.2. The zero-order chi connectivity index (χ0) is 24.3. The van der Waals surface area contributed by atoms with Crippen LogP contribution < -0.4 is 20.7 Å². The number of anilines is 3. The SMILES string of the molecule is CNc1cc(Oc2ccnc(CC(C)=O)c2)cnc1NC(=S)Nc1cc2n(n1)CCCC2(C)C. The van der Waals surface area contributed by atoms with Gasteiger partial charge in [0.25, 0.3) is 0 Å². The molecule has 4 heterocycles. The van der Waals surface area contributed by atoms with Gasteiger partial charge in [-0.1, -0.05) is 13.8 Å². The topological polar surface area (TPSA) is 106 Å². The van der Waals surface area contributed by atoms with E-state index in [-0.39, 0.29) is 17.6 Å². The van der Waals surface area contributed by atoms with Crippen LogP contribution in [0.4, 0.5) is 17.3 Å². The third-order valence-electron chi connectivity index (χ3n) is 5.70. The summed E-state index contributed by atoms with van der Waals surface area (Å²) in [7, 11) is 1.80. The summed E-state index contributed by atoms with van der Waals surface area (Å²) < 4.78 is 7.98. The highest BCUT2D eigenvalue weighted by molar-refractivity contribution is 7.80. The van der Waals surface area contributed by atoms with Crippen LogP contribution in [0, 0.1) is 0 Å². The van der Waals surface area contributed by atoms with E-state index in [1.807, 2.05) is 6.07 Å². The van der Waals surface area contributed by atoms with E-state index in [1.165, 1.54) is 12.6 Å². The van der Waals surface area contributed by atoms with Crippen molar-refractivity contribution in [3.63, 3.8) is 0 Å². The van der Waals surface area contributed by atoms with Gasteiger partial charge in [0.2, 0.25) is 0 Å². The summed E-state index contributed by atoms with van der Waals surface area (Å²) in [5.74, 6) is 2.44. The maximum absolute atomic E-state index is 11.4. The molecule has 178 valence electrons. The summed E-state index contributed by atoms with van der Waals surface area (Å²) in [6.07, 6.45) is 5.75. The largest absolute Gasteiger partial charge is 0.456 e. The number of pyridine rings is 2. The van der Waals surface area contributed by atoms with Gasteiger partial charge in [-0.2, -0.15) is 5.10 Å². The average molecular weight is 480 g/mol. The average Bonchev–Trinajstić information content (AvgIpc) is 3.18. The van der Waals surface area contributed by atoms with Crippen LogP contribution in [-0.2, 0) is 23.2 Å². The number of hydrogen-bond donors (Lipinski definition) is 3. The van der Waals surface area contributed by atoms with E-state index in [2.05, 4.69) is 55.6 Å². The maximum Gasteiger partial charge on any atom is 0.177 e. The van der Waals surface area contributed by atoms with Gasteiger partial charge in [0, 0.05) is 55.5 Å². The number of fused-ring (bicyclic) bond motifs is 1. The number of nitrogens with one attached hydrogen (secondary N) is 3. The van der Waals surface area contributed by atoms with Crippen molar-refractivity contribution in [3.05, 3.63) is 48.0 Å². The van der Waals surface area contributed by atoms with Crippen molar-refractivity contribution in [2.24, 2.45) is 0 Å². The van der Waals surface area contributed by atoms with Gasteiger partial charge >= 0.3 is 0 Å². The third kappa shape index (κ3) is 5.51. The molecule has 4 rings (SSSR count). The van der Waals surface area contributed by atoms with E-state index < -0.39 is 0 Å². The van der Waals surface area contributed by atoms with Gasteiger partial charge in [0.15, 0.2) is 16.7 Å². The number of aromatic nitrogens is 4. The Kier molecular flexibility index (Phi) is 6.78. The highest BCUT2D eigenvalue weighted by Crippen LogP contribution is 2.34. The lowest BCUT2D eigenvalue weighted by Gasteiger charge is -2.30. The fraction of sp³-hybridized carbons (Fsp3) is 0.375. The van der Waals surface area contributed by atoms with E-state index in [0.717, 1.165) is 19.4 Å². The Bertz CT molecular complexity index is 1220. The molecule has 10 heteroatoms. The van der Waals surface area contributed by atoms with Crippen molar-refractivity contribution in [1.82, 2.24) is 19.7 Å². The second-order valence-corrected chi connectivity index (χ2v) is 9.39. The molecule has 34 heavy (non-hydrogen) atoms. The third-order valence-corrected chi connectivity index (χ3v) is 5.91. The lowest BCUT2D eigenvalue weighted by Crippen LogP contribution is -2.27. The monoisotopic (exact) mass is 479 g/mol. The highest BCUT2D eigenvalue weighted by Gasteiger charge is 2.29. The van der Waals surface area contributed by atoms with Crippen LogP contribution >= 0.6 is 12.2 Å².